The molecule has 1 atom stereocenters. The molecule has 6 heteroatoms. The summed E-state index contributed by atoms with van der Waals surface area (Å²) in [7, 11) is 0. The Kier molecular flexibility index (Phi) is 4.51. The van der Waals surface area contributed by atoms with E-state index in [1.807, 2.05) is 0 Å². The van der Waals surface area contributed by atoms with Gasteiger partial charge >= 0.3 is 5.97 Å². The molecule has 0 rings (SSSR count). The van der Waals surface area contributed by atoms with E-state index in [-0.39, 0.29) is 6.29 Å². The van der Waals surface area contributed by atoms with E-state index in [1.165, 1.54) is 0 Å². The van der Waals surface area contributed by atoms with Crippen molar-refractivity contribution in [3.05, 3.63) is 11.5 Å². The maximum atomic E-state index is 10.7. The average molecular weight is 202 g/mol. The number of rotatable bonds is 4. The van der Waals surface area contributed by atoms with Crippen LogP contribution in [0.25, 0.3) is 0 Å². The second-order valence-corrected chi connectivity index (χ2v) is 2.47. The number of hydrogen-bond acceptors (Lipinski definition) is 6. The third-order valence-electron chi connectivity index (χ3n) is 1.25. The van der Waals surface area contributed by atoms with Gasteiger partial charge in [-0.2, -0.15) is 0 Å². The Morgan fingerprint density at radius 1 is 1.36 bits per heavy atom. The third-order valence-corrected chi connectivity index (χ3v) is 1.25. The number of ketones is 1. The molecule has 0 heterocycles. The van der Waals surface area contributed by atoms with Crippen LogP contribution >= 0.6 is 0 Å². The molecule has 0 aliphatic carbocycles. The minimum absolute atomic E-state index is 0.0373. The molecular formula is C8H10O6. The van der Waals surface area contributed by atoms with Gasteiger partial charge in [-0.3, -0.25) is 14.4 Å². The molecule has 0 bridgehead atoms. The summed E-state index contributed by atoms with van der Waals surface area (Å²) in [4.78, 5) is 31.3. The molecule has 0 radical (unpaired) electrons. The minimum atomic E-state index is -1.82. The first-order chi connectivity index (χ1) is 6.40. The Morgan fingerprint density at radius 3 is 2.14 bits per heavy atom. The molecule has 0 saturated heterocycles. The fraction of sp³-hybridized carbons (Fsp3) is 0.375. The number of esters is 1. The van der Waals surface area contributed by atoms with Gasteiger partial charge in [0.25, 0.3) is 0 Å². The van der Waals surface area contributed by atoms with Gasteiger partial charge in [-0.15, -0.1) is 0 Å². The zero-order valence-electron chi connectivity index (χ0n) is 7.68. The fourth-order valence-electron chi connectivity index (χ4n) is 0.646. The molecule has 0 aliphatic rings. The van der Waals surface area contributed by atoms with E-state index in [0.29, 0.717) is 0 Å². The lowest BCUT2D eigenvalue weighted by Crippen LogP contribution is -2.24. The van der Waals surface area contributed by atoms with Gasteiger partial charge in [-0.1, -0.05) is 0 Å². The quantitative estimate of drug-likeness (QED) is 0.275. The molecule has 2 N–H and O–H groups in total. The highest BCUT2D eigenvalue weighted by atomic mass is 16.6. The van der Waals surface area contributed by atoms with E-state index in [2.05, 4.69) is 4.74 Å². The topological polar surface area (TPSA) is 101 Å². The van der Waals surface area contributed by atoms with Crippen LogP contribution in [0.1, 0.15) is 13.8 Å². The Bertz CT molecular complexity index is 290. The molecule has 0 aliphatic heterocycles. The van der Waals surface area contributed by atoms with E-state index < -0.39 is 29.4 Å². The van der Waals surface area contributed by atoms with Crippen molar-refractivity contribution in [2.75, 3.05) is 0 Å². The number of Topliss-reactive ketones (excluding diaryl/α,β-unsaturated/α-hetero) is 1. The number of ether oxygens (including phenoxy) is 1. The van der Waals surface area contributed by atoms with E-state index >= 15 is 0 Å². The van der Waals surface area contributed by atoms with E-state index in [0.717, 1.165) is 13.8 Å². The van der Waals surface area contributed by atoms with Gasteiger partial charge in [0.1, 0.15) is 0 Å². The van der Waals surface area contributed by atoms with Crippen molar-refractivity contribution in [1.82, 2.24) is 0 Å². The number of aldehydes is 1. The van der Waals surface area contributed by atoms with Crippen LogP contribution in [0, 0.1) is 0 Å². The van der Waals surface area contributed by atoms with E-state index in [9.17, 15) is 14.4 Å². The second kappa shape index (κ2) is 5.13. The zero-order valence-corrected chi connectivity index (χ0v) is 7.68. The van der Waals surface area contributed by atoms with Crippen molar-refractivity contribution in [1.29, 1.82) is 0 Å². The number of aliphatic hydroxyl groups is 2. The monoisotopic (exact) mass is 202 g/mol. The maximum absolute atomic E-state index is 10.7. The molecule has 0 amide bonds. The number of hydrogen-bond donors (Lipinski definition) is 2. The SMILES string of the molecule is CC(=O)OC(=C(O)C=O)C(O)C(C)=O. The standard InChI is InChI=1S/C8H10O6/c1-4(10)7(13)8(6(12)3-9)14-5(2)11/h3,7,12-13H,1-2H3. The van der Waals surface area contributed by atoms with Crippen molar-refractivity contribution in [3.8, 4) is 0 Å². The largest absolute Gasteiger partial charge is 0.502 e. The molecule has 0 fully saturated rings. The Labute approximate surface area is 79.8 Å². The first-order valence-corrected chi connectivity index (χ1v) is 3.65. The Morgan fingerprint density at radius 2 is 1.86 bits per heavy atom. The minimum Gasteiger partial charge on any atom is -0.502 e. The van der Waals surface area contributed by atoms with Gasteiger partial charge in [0.15, 0.2) is 29.7 Å². The molecule has 14 heavy (non-hydrogen) atoms. The van der Waals surface area contributed by atoms with Crippen molar-refractivity contribution in [2.24, 2.45) is 0 Å². The number of carbonyl (C=O) groups excluding carboxylic acids is 3. The normalized spacial score (nSPS) is 13.9. The Balaban J connectivity index is 5.00. The van der Waals surface area contributed by atoms with Crippen molar-refractivity contribution in [2.45, 2.75) is 20.0 Å². The van der Waals surface area contributed by atoms with Crippen LogP contribution in [0.4, 0.5) is 0 Å². The average Bonchev–Trinajstić information content (AvgIpc) is 2.11. The van der Waals surface area contributed by atoms with Gasteiger partial charge < -0.3 is 14.9 Å². The summed E-state index contributed by atoms with van der Waals surface area (Å²) >= 11 is 0. The third kappa shape index (κ3) is 3.36. The second-order valence-electron chi connectivity index (χ2n) is 2.47. The van der Waals surface area contributed by atoms with Crippen LogP contribution in [0.2, 0.25) is 0 Å². The van der Waals surface area contributed by atoms with Crippen molar-refractivity contribution < 1.29 is 29.3 Å². The predicted octanol–water partition coefficient (Wildman–Crippen LogP) is -0.532. The highest BCUT2D eigenvalue weighted by Crippen LogP contribution is 2.09. The van der Waals surface area contributed by atoms with Gasteiger partial charge in [0, 0.05) is 6.92 Å². The smallest absolute Gasteiger partial charge is 0.307 e. The number of allylic oxidation sites excluding steroid dienone is 1. The molecule has 6 nitrogen and oxygen atoms in total. The predicted molar refractivity (Wildman–Crippen MR) is 44.2 cm³/mol. The van der Waals surface area contributed by atoms with E-state index in [1.54, 1.807) is 0 Å². The summed E-state index contributed by atoms with van der Waals surface area (Å²) in [5.74, 6) is -3.34. The van der Waals surface area contributed by atoms with Crippen molar-refractivity contribution >= 4 is 18.0 Å². The van der Waals surface area contributed by atoms with Crippen LogP contribution in [-0.2, 0) is 19.1 Å². The van der Waals surface area contributed by atoms with Crippen LogP contribution in [-0.4, -0.2) is 34.4 Å². The van der Waals surface area contributed by atoms with Crippen LogP contribution in [0.3, 0.4) is 0 Å². The molecule has 0 saturated carbocycles. The molecule has 0 aromatic rings. The molecule has 0 aromatic heterocycles. The van der Waals surface area contributed by atoms with Gasteiger partial charge in [0.05, 0.1) is 0 Å². The summed E-state index contributed by atoms with van der Waals surface area (Å²) in [5.41, 5.74) is 0. The fourth-order valence-corrected chi connectivity index (χ4v) is 0.646. The highest BCUT2D eigenvalue weighted by Gasteiger charge is 2.23. The lowest BCUT2D eigenvalue weighted by molar-refractivity contribution is -0.140. The van der Waals surface area contributed by atoms with Crippen LogP contribution < -0.4 is 0 Å². The summed E-state index contributed by atoms with van der Waals surface area (Å²) in [6.45, 7) is 2.02. The van der Waals surface area contributed by atoms with Crippen LogP contribution in [0.15, 0.2) is 11.5 Å². The number of aliphatic hydroxyl groups excluding tert-OH is 2. The van der Waals surface area contributed by atoms with Crippen molar-refractivity contribution in [3.63, 3.8) is 0 Å². The Hall–Kier alpha value is -1.69. The molecule has 0 aromatic carbocycles. The van der Waals surface area contributed by atoms with E-state index in [4.69, 9.17) is 10.2 Å². The molecule has 78 valence electrons. The summed E-state index contributed by atoms with van der Waals surface area (Å²) < 4.78 is 4.31. The zero-order chi connectivity index (χ0) is 11.3. The first-order valence-electron chi connectivity index (χ1n) is 3.65. The summed E-state index contributed by atoms with van der Waals surface area (Å²) in [5, 5.41) is 18.0. The molecule has 0 spiro atoms. The lowest BCUT2D eigenvalue weighted by atomic mass is 10.2. The number of carbonyl (C=O) groups is 3. The lowest BCUT2D eigenvalue weighted by Gasteiger charge is -2.11. The first kappa shape index (κ1) is 12.3. The highest BCUT2D eigenvalue weighted by molar-refractivity contribution is 5.86. The summed E-state index contributed by atoms with van der Waals surface area (Å²) in [6.07, 6.45) is -1.85. The van der Waals surface area contributed by atoms with Gasteiger partial charge in [0.2, 0.25) is 0 Å². The van der Waals surface area contributed by atoms with Gasteiger partial charge in [-0.05, 0) is 6.92 Å². The summed E-state index contributed by atoms with van der Waals surface area (Å²) in [6, 6.07) is 0. The van der Waals surface area contributed by atoms with Gasteiger partial charge in [-0.25, -0.2) is 0 Å². The van der Waals surface area contributed by atoms with Crippen LogP contribution in [0.5, 0.6) is 0 Å². The maximum Gasteiger partial charge on any atom is 0.307 e. The molecular weight excluding hydrogens is 192 g/mol. The molecule has 1 unspecified atom stereocenters.